The lowest BCUT2D eigenvalue weighted by atomic mass is 10.2. The molecule has 0 unspecified atom stereocenters. The van der Waals surface area contributed by atoms with Crippen LogP contribution in [0.15, 0.2) is 29.4 Å². The van der Waals surface area contributed by atoms with E-state index < -0.39 is 0 Å². The Labute approximate surface area is 53.8 Å². The average molecular weight is 125 g/mol. The molecule has 9 heavy (non-hydrogen) atoms. The lowest BCUT2D eigenvalue weighted by Gasteiger charge is -1.99. The number of methoxy groups -OCH3 is 1. The predicted molar refractivity (Wildman–Crippen MR) is 34.9 cm³/mol. The maximum Gasteiger partial charge on any atom is 0.278 e. The first-order valence-electron chi connectivity index (χ1n) is 2.74. The molecule has 0 radical (unpaired) electrons. The van der Waals surface area contributed by atoms with Crippen molar-refractivity contribution in [2.24, 2.45) is 0 Å². The van der Waals surface area contributed by atoms with Gasteiger partial charge in [-0.05, 0) is 11.8 Å². The Morgan fingerprint density at radius 2 is 2.56 bits per heavy atom. The smallest absolute Gasteiger partial charge is 0.278 e. The summed E-state index contributed by atoms with van der Waals surface area (Å²) in [6.07, 6.45) is 4.17. The van der Waals surface area contributed by atoms with Gasteiger partial charge < -0.3 is 9.84 Å². The number of hydrogen-bond acceptors (Lipinski definition) is 1. The Bertz CT molecular complexity index is 195. The lowest BCUT2D eigenvalue weighted by Crippen LogP contribution is -1.87. The van der Waals surface area contributed by atoms with E-state index in [1.165, 1.54) is 0 Å². The Morgan fingerprint density at radius 1 is 1.78 bits per heavy atom. The zero-order valence-corrected chi connectivity index (χ0v) is 5.27. The highest BCUT2D eigenvalue weighted by Gasteiger charge is 2.00. The molecule has 0 aromatic rings. The average Bonchev–Trinajstić information content (AvgIpc) is 1.90. The van der Waals surface area contributed by atoms with Gasteiger partial charge in [0.2, 0.25) is 0 Å². The van der Waals surface area contributed by atoms with Crippen molar-refractivity contribution < 1.29 is 9.84 Å². The lowest BCUT2D eigenvalue weighted by molar-refractivity contribution is 0.301. The number of rotatable bonds is 1. The zero-order valence-electron chi connectivity index (χ0n) is 5.27. The molecule has 0 aliphatic heterocycles. The van der Waals surface area contributed by atoms with Gasteiger partial charge in [0.1, 0.15) is 5.76 Å². The Morgan fingerprint density at radius 3 is 3.00 bits per heavy atom. The van der Waals surface area contributed by atoms with Gasteiger partial charge in [0.15, 0.2) is 0 Å². The summed E-state index contributed by atoms with van der Waals surface area (Å²) in [5.74, 6) is 1.31. The van der Waals surface area contributed by atoms with Crippen molar-refractivity contribution in [2.75, 3.05) is 7.11 Å². The highest BCUT2D eigenvalue weighted by atomic mass is 16.5. The molecule has 1 aliphatic carbocycles. The van der Waals surface area contributed by atoms with Crippen LogP contribution < -0.4 is 0 Å². The molecule has 2 heteroatoms. The fourth-order valence-electron chi connectivity index (χ4n) is 0.621. The van der Waals surface area contributed by atoms with E-state index in [4.69, 9.17) is 9.84 Å². The summed E-state index contributed by atoms with van der Waals surface area (Å²) in [4.78, 5) is 0. The molecule has 0 atom stereocenters. The zero-order chi connectivity index (χ0) is 6.69. The molecule has 0 saturated heterocycles. The molecule has 48 valence electrons. The molecular weight excluding hydrogens is 116 g/mol. The van der Waals surface area contributed by atoms with E-state index >= 15 is 0 Å². The Kier molecular flexibility index (Phi) is 1.61. The first kappa shape index (κ1) is 5.99. The molecule has 2 nitrogen and oxygen atoms in total. The third-order valence-electron chi connectivity index (χ3n) is 1.13. The maximum absolute atomic E-state index is 7.11. The molecule has 0 aromatic carbocycles. The van der Waals surface area contributed by atoms with Gasteiger partial charge in [0.05, 0.1) is 13.5 Å². The maximum atomic E-state index is 7.11. The monoisotopic (exact) mass is 125 g/mol. The van der Waals surface area contributed by atoms with Gasteiger partial charge in [-0.15, -0.1) is 0 Å². The van der Waals surface area contributed by atoms with E-state index in [1.807, 2.05) is 6.08 Å². The van der Waals surface area contributed by atoms with Gasteiger partial charge >= 0.3 is 0 Å². The van der Waals surface area contributed by atoms with Crippen LogP contribution in [-0.2, 0) is 4.74 Å². The van der Waals surface area contributed by atoms with Crippen molar-refractivity contribution in [3.8, 4) is 0 Å². The van der Waals surface area contributed by atoms with Crippen molar-refractivity contribution in [1.82, 2.24) is 0 Å². The minimum atomic E-state index is 0.510. The molecule has 0 saturated carbocycles. The van der Waals surface area contributed by atoms with Crippen molar-refractivity contribution in [3.63, 3.8) is 0 Å². The molecule has 0 aromatic heterocycles. The van der Waals surface area contributed by atoms with E-state index in [1.54, 1.807) is 13.2 Å². The minimum Gasteiger partial charge on any atom is -0.590 e. The summed E-state index contributed by atoms with van der Waals surface area (Å²) in [6.45, 7) is 0. The van der Waals surface area contributed by atoms with Crippen LogP contribution in [0, 0.1) is 0 Å². The molecule has 1 rings (SSSR count). The van der Waals surface area contributed by atoms with Gasteiger partial charge in [0.25, 0.3) is 5.76 Å². The summed E-state index contributed by atoms with van der Waals surface area (Å²) in [6, 6.07) is 0. The SMILES string of the molecule is COC1=CCC([OH2+])=C=C1. The van der Waals surface area contributed by atoms with Crippen LogP contribution in [-0.4, -0.2) is 12.2 Å². The van der Waals surface area contributed by atoms with E-state index in [0.717, 1.165) is 5.76 Å². The summed E-state index contributed by atoms with van der Waals surface area (Å²) in [5.41, 5.74) is 2.75. The van der Waals surface area contributed by atoms with Crippen molar-refractivity contribution in [1.29, 1.82) is 0 Å². The van der Waals surface area contributed by atoms with Crippen LogP contribution in [0.2, 0.25) is 0 Å². The molecule has 0 spiro atoms. The molecular formula is C7H9O2+. The third kappa shape index (κ3) is 1.37. The number of allylic oxidation sites excluding steroid dienone is 1. The van der Waals surface area contributed by atoms with Gasteiger partial charge in [-0.25, -0.2) is 0 Å². The van der Waals surface area contributed by atoms with Gasteiger partial charge in [-0.2, -0.15) is 0 Å². The number of ether oxygens (including phenoxy) is 1. The van der Waals surface area contributed by atoms with Crippen LogP contribution >= 0.6 is 0 Å². The van der Waals surface area contributed by atoms with E-state index in [2.05, 4.69) is 5.73 Å². The van der Waals surface area contributed by atoms with E-state index in [9.17, 15) is 0 Å². The van der Waals surface area contributed by atoms with Crippen LogP contribution in [0.1, 0.15) is 6.42 Å². The van der Waals surface area contributed by atoms with Crippen molar-refractivity contribution >= 4 is 0 Å². The molecule has 1 aliphatic rings. The van der Waals surface area contributed by atoms with Crippen LogP contribution in [0.3, 0.4) is 0 Å². The van der Waals surface area contributed by atoms with Gasteiger partial charge in [-0.3, -0.25) is 0 Å². The molecule has 2 N–H and O–H groups in total. The predicted octanol–water partition coefficient (Wildman–Crippen LogP) is 0.684. The fourth-order valence-corrected chi connectivity index (χ4v) is 0.621. The van der Waals surface area contributed by atoms with Crippen molar-refractivity contribution in [2.45, 2.75) is 6.42 Å². The van der Waals surface area contributed by atoms with E-state index in [0.29, 0.717) is 12.2 Å². The molecule has 0 amide bonds. The summed E-state index contributed by atoms with van der Waals surface area (Å²) in [7, 11) is 1.61. The second kappa shape index (κ2) is 2.42. The van der Waals surface area contributed by atoms with Gasteiger partial charge in [-0.1, -0.05) is 0 Å². The summed E-state index contributed by atoms with van der Waals surface area (Å²) in [5, 5.41) is 7.11. The fraction of sp³-hybridized carbons (Fsp3) is 0.286. The Balaban J connectivity index is 2.75. The molecule has 0 heterocycles. The third-order valence-corrected chi connectivity index (χ3v) is 1.13. The molecule has 0 fully saturated rings. The highest BCUT2D eigenvalue weighted by Crippen LogP contribution is 2.08. The van der Waals surface area contributed by atoms with Crippen LogP contribution in [0.4, 0.5) is 0 Å². The van der Waals surface area contributed by atoms with Crippen LogP contribution in [0.25, 0.3) is 0 Å². The second-order valence-electron chi connectivity index (χ2n) is 1.78. The van der Waals surface area contributed by atoms with Crippen LogP contribution in [0.5, 0.6) is 0 Å². The first-order chi connectivity index (χ1) is 4.33. The largest absolute Gasteiger partial charge is 0.590 e. The van der Waals surface area contributed by atoms with Gasteiger partial charge in [0, 0.05) is 6.08 Å². The normalized spacial score (nSPS) is 16.6. The summed E-state index contributed by atoms with van der Waals surface area (Å²) >= 11 is 0. The van der Waals surface area contributed by atoms with E-state index in [-0.39, 0.29) is 0 Å². The summed E-state index contributed by atoms with van der Waals surface area (Å²) < 4.78 is 4.89. The highest BCUT2D eigenvalue weighted by molar-refractivity contribution is 5.19. The quantitative estimate of drug-likeness (QED) is 0.374. The Hall–Kier alpha value is -1.14. The standard InChI is InChI=1S/C7H8O2/c1-9-7-4-2-6(8)3-5-7/h4-5,8H,2H2,1H3/p+1. The van der Waals surface area contributed by atoms with Crippen molar-refractivity contribution in [3.05, 3.63) is 29.4 Å². The first-order valence-corrected chi connectivity index (χ1v) is 2.74. The number of hydrogen-bond donors (Lipinski definition) is 0. The molecule has 0 bridgehead atoms. The topological polar surface area (TPSA) is 32.1 Å². The second-order valence-corrected chi connectivity index (χ2v) is 1.78. The minimum absolute atomic E-state index is 0.510.